The van der Waals surface area contributed by atoms with Crippen LogP contribution in [0.3, 0.4) is 0 Å². The summed E-state index contributed by atoms with van der Waals surface area (Å²) < 4.78 is 2.33. The summed E-state index contributed by atoms with van der Waals surface area (Å²) >= 11 is 0. The van der Waals surface area contributed by atoms with Crippen molar-refractivity contribution in [3.8, 4) is 16.9 Å². The smallest absolute Gasteiger partial charge is 0.138 e. The first-order chi connectivity index (χ1) is 22.8. The summed E-state index contributed by atoms with van der Waals surface area (Å²) in [5.41, 5.74) is 11.3. The van der Waals surface area contributed by atoms with E-state index in [2.05, 4.69) is 148 Å². The van der Waals surface area contributed by atoms with Crippen LogP contribution in [-0.4, -0.2) is 16.6 Å². The zero-order chi connectivity index (χ0) is 32.3. The second-order valence-electron chi connectivity index (χ2n) is 13.3. The molecule has 0 aliphatic carbocycles. The molecule has 0 amide bonds. The van der Waals surface area contributed by atoms with E-state index in [1.807, 2.05) is 35.5 Å². The molecule has 0 fully saturated rings. The number of fused-ring (bicyclic) bond motifs is 4. The van der Waals surface area contributed by atoms with Crippen LogP contribution in [0.1, 0.15) is 50.3 Å². The summed E-state index contributed by atoms with van der Waals surface area (Å²) in [5.74, 6) is 1.34. The lowest BCUT2D eigenvalue weighted by atomic mass is 9.77. The maximum absolute atomic E-state index is 6.17. The van der Waals surface area contributed by atoms with Gasteiger partial charge in [0, 0.05) is 29.4 Å². The third-order valence-electron chi connectivity index (χ3n) is 9.71. The molecule has 0 radical (unpaired) electrons. The van der Waals surface area contributed by atoms with Crippen LogP contribution in [0.25, 0.3) is 38.8 Å². The van der Waals surface area contributed by atoms with Crippen molar-refractivity contribution in [2.75, 3.05) is 17.2 Å². The second-order valence-corrected chi connectivity index (χ2v) is 13.3. The highest BCUT2D eigenvalue weighted by Gasteiger charge is 2.29. The van der Waals surface area contributed by atoms with Gasteiger partial charge in [0.1, 0.15) is 5.82 Å². The van der Waals surface area contributed by atoms with Crippen LogP contribution in [0, 0.1) is 0 Å². The maximum atomic E-state index is 6.17. The maximum Gasteiger partial charge on any atom is 0.138 e. The molecular weight excluding hydrogens is 576 g/mol. The van der Waals surface area contributed by atoms with E-state index in [0.717, 1.165) is 33.9 Å². The second kappa shape index (κ2) is 11.1. The number of rotatable bonds is 6. The van der Waals surface area contributed by atoms with E-state index < -0.39 is 0 Å². The lowest BCUT2D eigenvalue weighted by Gasteiger charge is -2.28. The van der Waals surface area contributed by atoms with Crippen molar-refractivity contribution >= 4 is 38.9 Å². The summed E-state index contributed by atoms with van der Waals surface area (Å²) in [6.45, 7) is 9.10. The Kier molecular flexibility index (Phi) is 6.89. The monoisotopic (exact) mass is 614 g/mol. The van der Waals surface area contributed by atoms with Crippen molar-refractivity contribution in [1.82, 2.24) is 9.55 Å². The number of nitrogens with zero attached hydrogens (tertiary/aromatic N) is 4. The van der Waals surface area contributed by atoms with Crippen molar-refractivity contribution in [2.24, 2.45) is 0 Å². The van der Waals surface area contributed by atoms with Crippen LogP contribution < -0.4 is 10.1 Å². The van der Waals surface area contributed by atoms with Gasteiger partial charge in [0.2, 0.25) is 0 Å². The lowest BCUT2D eigenvalue weighted by molar-refractivity contribution is 0.142. The first kappa shape index (κ1) is 29.0. The van der Waals surface area contributed by atoms with Gasteiger partial charge in [-0.05, 0) is 82.3 Å². The van der Waals surface area contributed by atoms with Crippen molar-refractivity contribution in [3.63, 3.8) is 0 Å². The lowest BCUT2D eigenvalue weighted by Crippen LogP contribution is -2.22. The molecule has 47 heavy (non-hydrogen) atoms. The molecule has 3 heterocycles. The molecule has 5 aromatic carbocycles. The fourth-order valence-electron chi connectivity index (χ4n) is 7.06. The third kappa shape index (κ3) is 4.77. The summed E-state index contributed by atoms with van der Waals surface area (Å²) in [6.07, 6.45) is 1.94. The number of para-hydroxylation sites is 3. The van der Waals surface area contributed by atoms with Gasteiger partial charge in [-0.15, -0.1) is 4.94 Å². The minimum atomic E-state index is -0.290. The molecule has 0 N–H and O–H groups in total. The van der Waals surface area contributed by atoms with Crippen LogP contribution >= 0.6 is 0 Å². The molecule has 0 atom stereocenters. The molecule has 7 aromatic rings. The van der Waals surface area contributed by atoms with Gasteiger partial charge in [-0.1, -0.05) is 107 Å². The van der Waals surface area contributed by atoms with Gasteiger partial charge in [-0.3, -0.25) is 4.57 Å². The number of hydrogen-bond donors (Lipinski definition) is 0. The highest BCUT2D eigenvalue weighted by atomic mass is 16.8. The molecule has 0 saturated heterocycles. The van der Waals surface area contributed by atoms with Crippen molar-refractivity contribution < 1.29 is 4.94 Å². The van der Waals surface area contributed by atoms with E-state index in [1.165, 1.54) is 38.6 Å². The van der Waals surface area contributed by atoms with Gasteiger partial charge in [0.25, 0.3) is 0 Å². The van der Waals surface area contributed by atoms with E-state index >= 15 is 0 Å². The zero-order valence-corrected chi connectivity index (χ0v) is 27.5. The SMILES string of the molecule is CC(C)c1ccccc1-c1ccnc(-n2c3ccccc3c3ccc(C(C)(C)c4cccc(N5ON(C)c6ccccc65)c4)cc32)c1. The van der Waals surface area contributed by atoms with Gasteiger partial charge < -0.3 is 0 Å². The number of hydrogen-bond acceptors (Lipinski definition) is 4. The number of aromatic nitrogens is 2. The van der Waals surface area contributed by atoms with E-state index in [0.29, 0.717) is 5.92 Å². The molecule has 232 valence electrons. The Hall–Kier alpha value is -5.39. The largest absolute Gasteiger partial charge is 0.294 e. The first-order valence-corrected chi connectivity index (χ1v) is 16.3. The van der Waals surface area contributed by atoms with Gasteiger partial charge in [-0.2, -0.15) is 5.06 Å². The number of anilines is 3. The fourth-order valence-corrected chi connectivity index (χ4v) is 7.06. The van der Waals surface area contributed by atoms with E-state index in [9.17, 15) is 0 Å². The number of pyridine rings is 1. The molecule has 0 unspecified atom stereocenters. The highest BCUT2D eigenvalue weighted by Crippen LogP contribution is 2.43. The van der Waals surface area contributed by atoms with Crippen LogP contribution in [0.4, 0.5) is 17.1 Å². The molecule has 0 spiro atoms. The standard InChI is InChI=1S/C42H38N4O/c1-28(2)33-15-6-7-16-34(33)29-23-24-43-41(25-29)45-37-18-9-8-17-35(37)36-22-21-31(27-40(36)45)42(3,4)30-13-12-14-32(26-30)46-39-20-11-10-19-38(39)44(5)47-46/h6-28H,1-5H3. The van der Waals surface area contributed by atoms with Gasteiger partial charge in [0.05, 0.1) is 28.1 Å². The Morgan fingerprint density at radius 2 is 1.38 bits per heavy atom. The van der Waals surface area contributed by atoms with Crippen LogP contribution in [0.2, 0.25) is 0 Å². The minimum Gasteiger partial charge on any atom is -0.294 e. The molecule has 2 aromatic heterocycles. The quantitative estimate of drug-likeness (QED) is 0.187. The summed E-state index contributed by atoms with van der Waals surface area (Å²) in [4.78, 5) is 11.1. The Bertz CT molecular complexity index is 2280. The number of hydroxylamine groups is 1. The van der Waals surface area contributed by atoms with Crippen LogP contribution in [-0.2, 0) is 10.4 Å². The average Bonchev–Trinajstić information content (AvgIpc) is 3.62. The molecule has 1 aliphatic heterocycles. The molecule has 8 rings (SSSR count). The number of benzene rings is 5. The van der Waals surface area contributed by atoms with E-state index in [1.54, 1.807) is 0 Å². The Morgan fingerprint density at radius 1 is 0.660 bits per heavy atom. The summed E-state index contributed by atoms with van der Waals surface area (Å²) in [6, 6.07) is 45.6. The van der Waals surface area contributed by atoms with Gasteiger partial charge in [-0.25, -0.2) is 10.0 Å². The predicted octanol–water partition coefficient (Wildman–Crippen LogP) is 10.7. The fraction of sp³-hybridized carbons (Fsp3) is 0.167. The Morgan fingerprint density at radius 3 is 2.23 bits per heavy atom. The topological polar surface area (TPSA) is 33.5 Å². The molecule has 0 saturated carbocycles. The van der Waals surface area contributed by atoms with E-state index in [-0.39, 0.29) is 5.41 Å². The van der Waals surface area contributed by atoms with Crippen LogP contribution in [0.15, 0.2) is 134 Å². The predicted molar refractivity (Wildman–Crippen MR) is 195 cm³/mol. The Balaban J connectivity index is 1.25. The van der Waals surface area contributed by atoms with Gasteiger partial charge in [0.15, 0.2) is 0 Å². The minimum absolute atomic E-state index is 0.290. The van der Waals surface area contributed by atoms with E-state index in [4.69, 9.17) is 9.92 Å². The van der Waals surface area contributed by atoms with Gasteiger partial charge >= 0.3 is 0 Å². The average molecular weight is 615 g/mol. The molecule has 5 nitrogen and oxygen atoms in total. The summed E-state index contributed by atoms with van der Waals surface area (Å²) in [7, 11) is 1.94. The normalized spacial score (nSPS) is 13.2. The molecule has 5 heteroatoms. The summed E-state index contributed by atoms with van der Waals surface area (Å²) in [5, 5.41) is 6.16. The molecular formula is C42H38N4O. The third-order valence-corrected chi connectivity index (χ3v) is 9.71. The molecule has 0 bridgehead atoms. The first-order valence-electron chi connectivity index (χ1n) is 16.3. The molecule has 1 aliphatic rings. The van der Waals surface area contributed by atoms with Crippen LogP contribution in [0.5, 0.6) is 0 Å². The Labute approximate surface area is 276 Å². The van der Waals surface area contributed by atoms with Crippen molar-refractivity contribution in [2.45, 2.75) is 39.0 Å². The van der Waals surface area contributed by atoms with Crippen molar-refractivity contribution in [3.05, 3.63) is 150 Å². The van der Waals surface area contributed by atoms with Crippen molar-refractivity contribution in [1.29, 1.82) is 0 Å². The highest BCUT2D eigenvalue weighted by molar-refractivity contribution is 6.09. The zero-order valence-electron chi connectivity index (χ0n) is 27.5.